The highest BCUT2D eigenvalue weighted by Crippen LogP contribution is 2.43. The first-order chi connectivity index (χ1) is 12.0. The lowest BCUT2D eigenvalue weighted by atomic mass is 9.72. The Kier molecular flexibility index (Phi) is 4.81. The summed E-state index contributed by atoms with van der Waals surface area (Å²) in [6.07, 6.45) is 1.44. The predicted octanol–water partition coefficient (Wildman–Crippen LogP) is 1.97. The first kappa shape index (κ1) is 19.2. The number of carbonyl (C=O) groups excluding carboxylic acids is 1. The minimum Gasteiger partial charge on any atom is -0.356 e. The van der Waals surface area contributed by atoms with Gasteiger partial charge in [-0.25, -0.2) is 21.6 Å². The number of nitrogens with one attached hydrogen (secondary N) is 1. The van der Waals surface area contributed by atoms with Gasteiger partial charge in [-0.2, -0.15) is 0 Å². The minimum absolute atomic E-state index is 0.0212. The van der Waals surface area contributed by atoms with Gasteiger partial charge in [0.1, 0.15) is 10.7 Å². The van der Waals surface area contributed by atoms with Crippen molar-refractivity contribution in [3.05, 3.63) is 29.6 Å². The Bertz CT molecular complexity index is 829. The lowest BCUT2D eigenvalue weighted by Crippen LogP contribution is -2.59. The van der Waals surface area contributed by atoms with Gasteiger partial charge in [-0.3, -0.25) is 9.69 Å². The SMILES string of the molecule is CS(=O)(=O)c1cc(CN2CC(F)(F)CC3(CCCNC3=O)C2)ccc1F. The standard InChI is InChI=1S/C17H21F3N2O3S/c1-26(24,25)14-7-12(3-4-13(14)18)8-22-10-16(9-17(19,20)11-22)5-2-6-21-15(16)23/h3-4,7H,2,5-6,8-11H2,1H3,(H,21,23). The Morgan fingerprint density at radius 2 is 2.00 bits per heavy atom. The molecule has 0 aromatic heterocycles. The number of hydrogen-bond donors (Lipinski definition) is 1. The fourth-order valence-corrected chi connectivity index (χ4v) is 4.76. The summed E-state index contributed by atoms with van der Waals surface area (Å²) in [6, 6.07) is 3.58. The van der Waals surface area contributed by atoms with Crippen LogP contribution < -0.4 is 5.32 Å². The maximum atomic E-state index is 14.3. The molecule has 5 nitrogen and oxygen atoms in total. The van der Waals surface area contributed by atoms with Crippen molar-refractivity contribution in [3.8, 4) is 0 Å². The van der Waals surface area contributed by atoms with E-state index >= 15 is 0 Å². The first-order valence-corrected chi connectivity index (χ1v) is 10.3. The zero-order chi connectivity index (χ0) is 19.2. The highest BCUT2D eigenvalue weighted by molar-refractivity contribution is 7.90. The zero-order valence-corrected chi connectivity index (χ0v) is 15.2. The number of benzene rings is 1. The lowest BCUT2D eigenvalue weighted by molar-refractivity contribution is -0.158. The molecule has 0 aliphatic carbocycles. The molecule has 1 atom stereocenters. The van der Waals surface area contributed by atoms with Crippen molar-refractivity contribution in [1.82, 2.24) is 10.2 Å². The van der Waals surface area contributed by atoms with Gasteiger partial charge in [-0.1, -0.05) is 6.07 Å². The molecule has 1 unspecified atom stereocenters. The topological polar surface area (TPSA) is 66.5 Å². The van der Waals surface area contributed by atoms with E-state index in [1.54, 1.807) is 0 Å². The summed E-state index contributed by atoms with van der Waals surface area (Å²) >= 11 is 0. The molecule has 1 N–H and O–H groups in total. The first-order valence-electron chi connectivity index (χ1n) is 8.38. The highest BCUT2D eigenvalue weighted by atomic mass is 32.2. The monoisotopic (exact) mass is 390 g/mol. The molecule has 1 aromatic carbocycles. The summed E-state index contributed by atoms with van der Waals surface area (Å²) in [5.74, 6) is -4.25. The molecule has 3 rings (SSSR count). The summed E-state index contributed by atoms with van der Waals surface area (Å²) in [5.41, 5.74) is -0.726. The Morgan fingerprint density at radius 3 is 2.65 bits per heavy atom. The fraction of sp³-hybridized carbons (Fsp3) is 0.588. The molecule has 2 aliphatic heterocycles. The van der Waals surface area contributed by atoms with Gasteiger partial charge in [0.25, 0.3) is 5.92 Å². The van der Waals surface area contributed by atoms with Crippen LogP contribution in [-0.4, -0.2) is 51.0 Å². The molecule has 2 aliphatic rings. The van der Waals surface area contributed by atoms with Gasteiger partial charge in [0.05, 0.1) is 12.0 Å². The maximum absolute atomic E-state index is 14.3. The number of sulfone groups is 1. The van der Waals surface area contributed by atoms with Crippen molar-refractivity contribution < 1.29 is 26.4 Å². The van der Waals surface area contributed by atoms with Gasteiger partial charge in [-0.05, 0) is 30.5 Å². The fourth-order valence-electron chi connectivity index (χ4n) is 3.97. The van der Waals surface area contributed by atoms with Crippen LogP contribution in [0.2, 0.25) is 0 Å². The van der Waals surface area contributed by atoms with Crippen LogP contribution in [0, 0.1) is 11.2 Å². The van der Waals surface area contributed by atoms with Crippen molar-refractivity contribution in [3.63, 3.8) is 0 Å². The van der Waals surface area contributed by atoms with Crippen molar-refractivity contribution in [2.75, 3.05) is 25.9 Å². The molecule has 26 heavy (non-hydrogen) atoms. The van der Waals surface area contributed by atoms with Crippen molar-refractivity contribution in [1.29, 1.82) is 0 Å². The van der Waals surface area contributed by atoms with Gasteiger partial charge < -0.3 is 5.32 Å². The van der Waals surface area contributed by atoms with Crippen LogP contribution in [0.15, 0.2) is 23.1 Å². The Morgan fingerprint density at radius 1 is 1.27 bits per heavy atom. The smallest absolute Gasteiger partial charge is 0.261 e. The molecule has 2 fully saturated rings. The Labute approximate surface area is 150 Å². The minimum atomic E-state index is -3.76. The number of halogens is 3. The van der Waals surface area contributed by atoms with E-state index in [-0.39, 0.29) is 19.0 Å². The summed E-state index contributed by atoms with van der Waals surface area (Å²) < 4.78 is 65.7. The lowest BCUT2D eigenvalue weighted by Gasteiger charge is -2.46. The van der Waals surface area contributed by atoms with E-state index in [0.717, 1.165) is 12.3 Å². The van der Waals surface area contributed by atoms with Crippen molar-refractivity contribution >= 4 is 15.7 Å². The number of carbonyl (C=O) groups is 1. The second-order valence-electron chi connectivity index (χ2n) is 7.35. The molecule has 0 saturated carbocycles. The molecular weight excluding hydrogens is 369 g/mol. The molecule has 0 bridgehead atoms. The van der Waals surface area contributed by atoms with Crippen LogP contribution in [0.4, 0.5) is 13.2 Å². The zero-order valence-electron chi connectivity index (χ0n) is 14.4. The molecular formula is C17H21F3N2O3S. The summed E-state index contributed by atoms with van der Waals surface area (Å²) in [4.78, 5) is 13.3. The third-order valence-corrected chi connectivity index (χ3v) is 6.09. The van der Waals surface area contributed by atoms with Crippen LogP contribution in [0.25, 0.3) is 0 Å². The molecule has 0 radical (unpaired) electrons. The summed E-state index contributed by atoms with van der Waals surface area (Å²) in [5, 5.41) is 2.67. The van der Waals surface area contributed by atoms with E-state index in [4.69, 9.17) is 0 Å². The van der Waals surface area contributed by atoms with E-state index < -0.39 is 44.9 Å². The van der Waals surface area contributed by atoms with Gasteiger partial charge in [0, 0.05) is 32.3 Å². The van der Waals surface area contributed by atoms with E-state index in [2.05, 4.69) is 5.32 Å². The van der Waals surface area contributed by atoms with E-state index in [9.17, 15) is 26.4 Å². The average Bonchev–Trinajstić information content (AvgIpc) is 2.50. The van der Waals surface area contributed by atoms with Crippen molar-refractivity contribution in [2.24, 2.45) is 5.41 Å². The molecule has 2 saturated heterocycles. The second kappa shape index (κ2) is 6.53. The maximum Gasteiger partial charge on any atom is 0.261 e. The predicted molar refractivity (Wildman–Crippen MR) is 89.0 cm³/mol. The third-order valence-electron chi connectivity index (χ3n) is 4.98. The van der Waals surface area contributed by atoms with E-state index in [1.165, 1.54) is 17.0 Å². The highest BCUT2D eigenvalue weighted by Gasteiger charge is 2.53. The second-order valence-corrected chi connectivity index (χ2v) is 9.34. The van der Waals surface area contributed by atoms with Gasteiger partial charge in [-0.15, -0.1) is 0 Å². The number of hydrogen-bond acceptors (Lipinski definition) is 4. The van der Waals surface area contributed by atoms with E-state index in [0.29, 0.717) is 24.9 Å². The molecule has 9 heteroatoms. The molecule has 1 spiro atoms. The Hall–Kier alpha value is -1.61. The number of amides is 1. The van der Waals surface area contributed by atoms with Crippen LogP contribution >= 0.6 is 0 Å². The normalized spacial score (nSPS) is 26.7. The quantitative estimate of drug-likeness (QED) is 0.857. The Balaban J connectivity index is 1.86. The van der Waals surface area contributed by atoms with Crippen LogP contribution in [0.3, 0.4) is 0 Å². The number of alkyl halides is 2. The van der Waals surface area contributed by atoms with Crippen molar-refractivity contribution in [2.45, 2.75) is 36.6 Å². The summed E-state index contributed by atoms with van der Waals surface area (Å²) in [7, 11) is -3.76. The molecule has 1 aromatic rings. The van der Waals surface area contributed by atoms with Crippen LogP contribution in [0.1, 0.15) is 24.8 Å². The average molecular weight is 390 g/mol. The molecule has 1 amide bonds. The van der Waals surface area contributed by atoms with Crippen LogP contribution in [-0.2, 0) is 21.2 Å². The summed E-state index contributed by atoms with van der Waals surface area (Å²) in [6.45, 7) is 0.156. The van der Waals surface area contributed by atoms with Gasteiger partial charge in [0.2, 0.25) is 5.91 Å². The van der Waals surface area contributed by atoms with Gasteiger partial charge >= 0.3 is 0 Å². The number of piperidine rings is 2. The number of rotatable bonds is 3. The largest absolute Gasteiger partial charge is 0.356 e. The van der Waals surface area contributed by atoms with Crippen LogP contribution in [0.5, 0.6) is 0 Å². The third kappa shape index (κ3) is 3.88. The molecule has 2 heterocycles. The number of nitrogens with zero attached hydrogens (tertiary/aromatic N) is 1. The van der Waals surface area contributed by atoms with E-state index in [1.807, 2.05) is 0 Å². The number of likely N-dealkylation sites (tertiary alicyclic amines) is 1. The van der Waals surface area contributed by atoms with Gasteiger partial charge in [0.15, 0.2) is 9.84 Å². The molecule has 144 valence electrons.